The highest BCUT2D eigenvalue weighted by atomic mass is 35.5. The number of nitrogens with zero attached hydrogens (tertiary/aromatic N) is 8. The zero-order chi connectivity index (χ0) is 42.3. The number of nitrogens with one attached hydrogen (secondary N) is 1. The Hall–Kier alpha value is -6.33. The second kappa shape index (κ2) is 16.4. The van der Waals surface area contributed by atoms with Gasteiger partial charge in [0.05, 0.1) is 40.9 Å². The van der Waals surface area contributed by atoms with E-state index in [0.717, 1.165) is 40.5 Å². The number of benzene rings is 3. The third-order valence-electron chi connectivity index (χ3n) is 10.8. The minimum atomic E-state index is -4.62. The van der Waals surface area contributed by atoms with Crippen LogP contribution in [0.4, 0.5) is 24.5 Å². The molecule has 310 valence electrons. The molecule has 5 heterocycles. The van der Waals surface area contributed by atoms with Gasteiger partial charge in [-0.25, -0.2) is 9.97 Å². The van der Waals surface area contributed by atoms with E-state index < -0.39 is 23.2 Å². The van der Waals surface area contributed by atoms with E-state index in [1.54, 1.807) is 16.4 Å². The number of aryl methyl sites for hydroxylation is 1. The highest BCUT2D eigenvalue weighted by molar-refractivity contribution is 6.33. The molecule has 0 aliphatic carbocycles. The van der Waals surface area contributed by atoms with Gasteiger partial charge in [-0.05, 0) is 60.7 Å². The molecule has 3 aromatic carbocycles. The topological polar surface area (TPSA) is 149 Å². The molecule has 0 spiro atoms. The molecule has 2 aliphatic heterocycles. The van der Waals surface area contributed by atoms with Gasteiger partial charge in [0.25, 0.3) is 11.5 Å². The standard InChI is InChI=1S/C42H39ClF3N9O5/c1-4-33-36(52-14-16-53(17-15-52)39(57)35-37(25(3)47-23-48-35)60-20-26-8-6-5-7-9-26)40(58)55-41(50-38(51-55)29-12-10-27-21-59-22-30(27)24(29)2)54(33)19-34(56)49-32-13-11-28(18-31(32)43)42(44,45)46/h5-13,18,23H,4,14-17,19-22H2,1-3H3,(H,49,56). The van der Waals surface area contributed by atoms with Crippen molar-refractivity contribution in [3.8, 4) is 17.1 Å². The number of anilines is 2. The number of ether oxygens (including phenoxy) is 2. The van der Waals surface area contributed by atoms with Crippen molar-refractivity contribution in [3.63, 3.8) is 0 Å². The predicted molar refractivity (Wildman–Crippen MR) is 216 cm³/mol. The number of fused-ring (bicyclic) bond motifs is 2. The molecule has 60 heavy (non-hydrogen) atoms. The van der Waals surface area contributed by atoms with Crippen molar-refractivity contribution < 1.29 is 32.2 Å². The van der Waals surface area contributed by atoms with Gasteiger partial charge in [0.1, 0.15) is 25.2 Å². The molecule has 6 aromatic rings. The van der Waals surface area contributed by atoms with E-state index in [2.05, 4.69) is 15.3 Å². The molecule has 1 fully saturated rings. The van der Waals surface area contributed by atoms with E-state index in [1.807, 2.05) is 61.2 Å². The number of aromatic nitrogens is 6. The van der Waals surface area contributed by atoms with Gasteiger partial charge in [-0.3, -0.25) is 14.4 Å². The molecule has 18 heteroatoms. The van der Waals surface area contributed by atoms with Crippen LogP contribution >= 0.6 is 11.6 Å². The van der Waals surface area contributed by atoms with Crippen molar-refractivity contribution >= 4 is 40.6 Å². The first kappa shape index (κ1) is 40.4. The number of piperazine rings is 1. The molecule has 0 radical (unpaired) electrons. The van der Waals surface area contributed by atoms with Crippen LogP contribution in [-0.2, 0) is 48.5 Å². The molecule has 14 nitrogen and oxygen atoms in total. The first-order valence-electron chi connectivity index (χ1n) is 19.2. The summed E-state index contributed by atoms with van der Waals surface area (Å²) in [7, 11) is 0. The molecular formula is C42H39ClF3N9O5. The van der Waals surface area contributed by atoms with E-state index in [4.69, 9.17) is 31.2 Å². The predicted octanol–water partition coefficient (Wildman–Crippen LogP) is 6.41. The van der Waals surface area contributed by atoms with Gasteiger partial charge in [-0.15, -0.1) is 5.10 Å². The van der Waals surface area contributed by atoms with Crippen LogP contribution in [-0.4, -0.2) is 72.0 Å². The maximum Gasteiger partial charge on any atom is 0.416 e. The summed E-state index contributed by atoms with van der Waals surface area (Å²) in [6.45, 7) is 7.24. The summed E-state index contributed by atoms with van der Waals surface area (Å²) >= 11 is 6.19. The maximum absolute atomic E-state index is 14.6. The quantitative estimate of drug-likeness (QED) is 0.164. The highest BCUT2D eigenvalue weighted by Crippen LogP contribution is 2.35. The Bertz CT molecular complexity index is 2700. The smallest absolute Gasteiger partial charge is 0.416 e. The molecule has 8 rings (SSSR count). The van der Waals surface area contributed by atoms with Crippen LogP contribution < -0.4 is 20.5 Å². The van der Waals surface area contributed by atoms with Crippen LogP contribution in [0.3, 0.4) is 0 Å². The lowest BCUT2D eigenvalue weighted by Gasteiger charge is -2.36. The van der Waals surface area contributed by atoms with Crippen LogP contribution in [0.1, 0.15) is 56.6 Å². The zero-order valence-corrected chi connectivity index (χ0v) is 33.6. The van der Waals surface area contributed by atoms with Crippen LogP contribution in [0.2, 0.25) is 5.02 Å². The molecule has 2 amide bonds. The first-order chi connectivity index (χ1) is 28.8. The number of hydrogen-bond acceptors (Lipinski definition) is 10. The lowest BCUT2D eigenvalue weighted by molar-refractivity contribution is -0.137. The van der Waals surface area contributed by atoms with Gasteiger partial charge in [-0.1, -0.05) is 61.0 Å². The van der Waals surface area contributed by atoms with Crippen LogP contribution in [0.25, 0.3) is 17.2 Å². The van der Waals surface area contributed by atoms with Gasteiger partial charge in [0, 0.05) is 31.7 Å². The Morgan fingerprint density at radius 3 is 2.47 bits per heavy atom. The average molecular weight is 842 g/mol. The fourth-order valence-corrected chi connectivity index (χ4v) is 7.85. The van der Waals surface area contributed by atoms with Gasteiger partial charge in [0.15, 0.2) is 17.3 Å². The number of hydrogen-bond donors (Lipinski definition) is 1. The van der Waals surface area contributed by atoms with Crippen LogP contribution in [0, 0.1) is 13.8 Å². The Labute approximate surface area is 346 Å². The molecule has 1 N–H and O–H groups in total. The molecule has 0 saturated carbocycles. The van der Waals surface area contributed by atoms with Crippen LogP contribution in [0.15, 0.2) is 71.8 Å². The second-order valence-corrected chi connectivity index (χ2v) is 14.9. The summed E-state index contributed by atoms with van der Waals surface area (Å²) in [5.41, 5.74) is 4.54. The van der Waals surface area contributed by atoms with Gasteiger partial charge in [-0.2, -0.15) is 22.7 Å². The highest BCUT2D eigenvalue weighted by Gasteiger charge is 2.33. The first-order valence-corrected chi connectivity index (χ1v) is 19.6. The van der Waals surface area contributed by atoms with Gasteiger partial charge in [0.2, 0.25) is 11.7 Å². The van der Waals surface area contributed by atoms with Gasteiger partial charge >= 0.3 is 6.18 Å². The van der Waals surface area contributed by atoms with E-state index in [1.165, 1.54) is 10.8 Å². The fourth-order valence-electron chi connectivity index (χ4n) is 7.62. The molecule has 0 unspecified atom stereocenters. The Balaban J connectivity index is 1.12. The summed E-state index contributed by atoms with van der Waals surface area (Å²) in [6.07, 6.45) is -3.01. The summed E-state index contributed by atoms with van der Waals surface area (Å²) < 4.78 is 54.5. The number of amides is 2. The van der Waals surface area contributed by atoms with Crippen molar-refractivity contribution in [2.24, 2.45) is 0 Å². The lowest BCUT2D eigenvalue weighted by Crippen LogP contribution is -2.51. The maximum atomic E-state index is 14.6. The molecular weight excluding hydrogens is 803 g/mol. The molecule has 0 bridgehead atoms. The fraction of sp³-hybridized carbons (Fsp3) is 0.310. The third kappa shape index (κ3) is 7.77. The van der Waals surface area contributed by atoms with Crippen molar-refractivity contribution in [2.75, 3.05) is 36.4 Å². The summed E-state index contributed by atoms with van der Waals surface area (Å²) in [5.74, 6) is -0.324. The largest absolute Gasteiger partial charge is 0.485 e. The van der Waals surface area contributed by atoms with Gasteiger partial charge < -0.3 is 29.2 Å². The second-order valence-electron chi connectivity index (χ2n) is 14.5. The summed E-state index contributed by atoms with van der Waals surface area (Å²) in [4.78, 5) is 59.2. The normalized spacial score (nSPS) is 14.1. The van der Waals surface area contributed by atoms with Crippen molar-refractivity contribution in [2.45, 2.75) is 59.7 Å². The zero-order valence-electron chi connectivity index (χ0n) is 32.8. The number of carbonyl (C=O) groups is 2. The van der Waals surface area contributed by atoms with E-state index in [9.17, 15) is 27.6 Å². The molecule has 0 atom stereocenters. The number of rotatable bonds is 10. The van der Waals surface area contributed by atoms with E-state index in [0.29, 0.717) is 35.9 Å². The van der Waals surface area contributed by atoms with Crippen molar-refractivity contribution in [1.29, 1.82) is 0 Å². The summed E-state index contributed by atoms with van der Waals surface area (Å²) in [6, 6.07) is 16.0. The molecule has 1 saturated heterocycles. The van der Waals surface area contributed by atoms with Crippen LogP contribution in [0.5, 0.6) is 5.75 Å². The minimum Gasteiger partial charge on any atom is -0.485 e. The van der Waals surface area contributed by atoms with E-state index in [-0.39, 0.29) is 85.4 Å². The Morgan fingerprint density at radius 2 is 1.75 bits per heavy atom. The Morgan fingerprint density at radius 1 is 0.983 bits per heavy atom. The molecule has 2 aliphatic rings. The van der Waals surface area contributed by atoms with Crippen molar-refractivity contribution in [1.82, 2.24) is 34.0 Å². The minimum absolute atomic E-state index is 0.0172. The lowest BCUT2D eigenvalue weighted by atomic mass is 9.98. The number of halogens is 4. The molecule has 3 aromatic heterocycles. The average Bonchev–Trinajstić information content (AvgIpc) is 3.91. The third-order valence-corrected chi connectivity index (χ3v) is 11.1. The number of alkyl halides is 3. The SMILES string of the molecule is CCc1c(N2CCN(C(=O)c3ncnc(C)c3OCc3ccccc3)CC2)c(=O)n2nc(-c3ccc4c(c3C)COC4)nc2n1CC(=O)Nc1ccc(C(F)(F)F)cc1Cl. The van der Waals surface area contributed by atoms with E-state index >= 15 is 0 Å². The van der Waals surface area contributed by atoms with Crippen molar-refractivity contribution in [3.05, 3.63) is 127 Å². The Kier molecular flexibility index (Phi) is 11.0. The summed E-state index contributed by atoms with van der Waals surface area (Å²) in [5, 5.41) is 7.02. The number of carbonyl (C=O) groups excluding carboxylic acids is 2. The monoisotopic (exact) mass is 841 g/mol.